The molecule has 5 nitrogen and oxygen atoms in total. The van der Waals surface area contributed by atoms with Crippen LogP contribution in [0, 0.1) is 0 Å². The van der Waals surface area contributed by atoms with E-state index in [1.807, 2.05) is 0 Å². The Bertz CT molecular complexity index is 613. The zero-order valence-corrected chi connectivity index (χ0v) is 15.8. The maximum absolute atomic E-state index is 12.3. The highest BCUT2D eigenvalue weighted by molar-refractivity contribution is 7.16. The van der Waals surface area contributed by atoms with Crippen LogP contribution in [0.1, 0.15) is 41.1 Å². The highest BCUT2D eigenvalue weighted by atomic mass is 35.6. The Morgan fingerprint density at radius 1 is 1.35 bits per heavy atom. The van der Waals surface area contributed by atoms with E-state index in [9.17, 15) is 9.59 Å². The van der Waals surface area contributed by atoms with Gasteiger partial charge in [0.25, 0.3) is 0 Å². The minimum absolute atomic E-state index is 0.280. The summed E-state index contributed by atoms with van der Waals surface area (Å²) in [6.45, 7) is 3.35. The van der Waals surface area contributed by atoms with E-state index in [0.717, 1.165) is 29.7 Å². The lowest BCUT2D eigenvalue weighted by molar-refractivity contribution is -0.119. The fourth-order valence-electron chi connectivity index (χ4n) is 2.46. The van der Waals surface area contributed by atoms with Gasteiger partial charge in [-0.2, -0.15) is 0 Å². The maximum Gasteiger partial charge on any atom is 0.341 e. The van der Waals surface area contributed by atoms with Gasteiger partial charge >= 0.3 is 5.97 Å². The van der Waals surface area contributed by atoms with Gasteiger partial charge < -0.3 is 15.4 Å². The Morgan fingerprint density at radius 2 is 2.04 bits per heavy atom. The molecule has 2 N–H and O–H groups in total. The number of ether oxygens (including phenoxy) is 1. The monoisotopic (exact) mass is 398 g/mol. The summed E-state index contributed by atoms with van der Waals surface area (Å²) < 4.78 is 3.37. The normalized spacial score (nSPS) is 15.0. The number of thiophene rings is 1. The number of fused-ring (bicyclic) bond motifs is 1. The van der Waals surface area contributed by atoms with Crippen LogP contribution >= 0.6 is 46.1 Å². The van der Waals surface area contributed by atoms with Gasteiger partial charge in [-0.05, 0) is 31.7 Å². The van der Waals surface area contributed by atoms with Crippen molar-refractivity contribution in [2.75, 3.05) is 11.9 Å². The Hall–Kier alpha value is -0.690. The molecule has 0 aromatic carbocycles. The third-order valence-corrected chi connectivity index (χ3v) is 5.23. The van der Waals surface area contributed by atoms with E-state index in [0.29, 0.717) is 10.6 Å². The van der Waals surface area contributed by atoms with Crippen LogP contribution in [-0.2, 0) is 22.4 Å². The van der Waals surface area contributed by atoms with Crippen LogP contribution in [-0.4, -0.2) is 28.4 Å². The number of halogens is 3. The molecule has 1 atom stereocenters. The van der Waals surface area contributed by atoms with E-state index in [1.165, 1.54) is 18.3 Å². The maximum atomic E-state index is 12.3. The summed E-state index contributed by atoms with van der Waals surface area (Å²) in [6.07, 6.45) is 1.78. The standard InChI is InChI=1S/C14H17Cl3N2O3S/c1-3-22-12(21)10-8-5-4-6-9(8)23-11(10)19-13(14(15,16)17)18-7(2)20/h13,19H,3-6H2,1-2H3,(H,18,20). The molecule has 1 aliphatic carbocycles. The zero-order chi connectivity index (χ0) is 17.2. The van der Waals surface area contributed by atoms with Gasteiger partial charge in [0.15, 0.2) is 0 Å². The zero-order valence-electron chi connectivity index (χ0n) is 12.7. The molecule has 2 rings (SSSR count). The fourth-order valence-corrected chi connectivity index (χ4v) is 4.09. The van der Waals surface area contributed by atoms with Gasteiger partial charge in [0.05, 0.1) is 12.2 Å². The van der Waals surface area contributed by atoms with Crippen molar-refractivity contribution in [2.24, 2.45) is 0 Å². The second-order valence-corrected chi connectivity index (χ2v) is 8.58. The van der Waals surface area contributed by atoms with Gasteiger partial charge in [0.1, 0.15) is 11.2 Å². The first-order valence-electron chi connectivity index (χ1n) is 7.16. The van der Waals surface area contributed by atoms with E-state index in [4.69, 9.17) is 39.5 Å². The molecule has 0 bridgehead atoms. The summed E-state index contributed by atoms with van der Waals surface area (Å²) >= 11 is 19.2. The van der Waals surface area contributed by atoms with E-state index in [-0.39, 0.29) is 12.5 Å². The summed E-state index contributed by atoms with van der Waals surface area (Å²) in [5.41, 5.74) is 1.47. The molecule has 0 radical (unpaired) electrons. The lowest BCUT2D eigenvalue weighted by Gasteiger charge is -2.26. The molecule has 1 heterocycles. The lowest BCUT2D eigenvalue weighted by Crippen LogP contribution is -2.48. The molecule has 1 aromatic heterocycles. The first-order valence-corrected chi connectivity index (χ1v) is 9.11. The van der Waals surface area contributed by atoms with Crippen molar-refractivity contribution in [1.29, 1.82) is 0 Å². The number of carbonyl (C=O) groups excluding carboxylic acids is 2. The van der Waals surface area contributed by atoms with Crippen LogP contribution < -0.4 is 10.6 Å². The van der Waals surface area contributed by atoms with Gasteiger partial charge in [-0.25, -0.2) is 4.79 Å². The van der Waals surface area contributed by atoms with Gasteiger partial charge in [-0.15, -0.1) is 11.3 Å². The molecule has 0 spiro atoms. The van der Waals surface area contributed by atoms with E-state index >= 15 is 0 Å². The molecule has 1 aliphatic rings. The van der Waals surface area contributed by atoms with E-state index < -0.39 is 15.9 Å². The summed E-state index contributed by atoms with van der Waals surface area (Å²) in [5, 5.41) is 6.07. The topological polar surface area (TPSA) is 67.4 Å². The SMILES string of the molecule is CCOC(=O)c1c(NC(NC(C)=O)C(Cl)(Cl)Cl)sc2c1CCC2. The van der Waals surface area contributed by atoms with Crippen molar-refractivity contribution < 1.29 is 14.3 Å². The predicted octanol–water partition coefficient (Wildman–Crippen LogP) is 3.66. The molecule has 1 amide bonds. The number of alkyl halides is 3. The molecular weight excluding hydrogens is 383 g/mol. The molecule has 1 aromatic rings. The van der Waals surface area contributed by atoms with Crippen molar-refractivity contribution >= 4 is 63.0 Å². The van der Waals surface area contributed by atoms with Crippen molar-refractivity contribution in [3.8, 4) is 0 Å². The smallest absolute Gasteiger partial charge is 0.341 e. The van der Waals surface area contributed by atoms with Gasteiger partial charge in [-0.3, -0.25) is 4.79 Å². The van der Waals surface area contributed by atoms with Crippen molar-refractivity contribution in [2.45, 2.75) is 43.1 Å². The molecular formula is C14H17Cl3N2O3S. The molecule has 9 heteroatoms. The molecule has 0 aliphatic heterocycles. The predicted molar refractivity (Wildman–Crippen MR) is 93.8 cm³/mol. The third kappa shape index (κ3) is 4.44. The molecule has 23 heavy (non-hydrogen) atoms. The number of rotatable bonds is 5. The summed E-state index contributed by atoms with van der Waals surface area (Å²) in [6, 6.07) is 0. The molecule has 128 valence electrons. The first kappa shape index (κ1) is 18.6. The molecule has 0 saturated carbocycles. The Kier molecular flexibility index (Phi) is 6.05. The molecule has 1 unspecified atom stereocenters. The number of esters is 1. The lowest BCUT2D eigenvalue weighted by atomic mass is 10.1. The molecule has 0 fully saturated rings. The second-order valence-electron chi connectivity index (χ2n) is 5.10. The van der Waals surface area contributed by atoms with Crippen LogP contribution in [0.4, 0.5) is 5.00 Å². The summed E-state index contributed by atoms with van der Waals surface area (Å²) in [7, 11) is 0. The first-order chi connectivity index (χ1) is 10.7. The van der Waals surface area contributed by atoms with E-state index in [2.05, 4.69) is 10.6 Å². The van der Waals surface area contributed by atoms with Crippen molar-refractivity contribution in [1.82, 2.24) is 5.32 Å². The third-order valence-electron chi connectivity index (χ3n) is 3.35. The minimum Gasteiger partial charge on any atom is -0.462 e. The van der Waals surface area contributed by atoms with Crippen molar-refractivity contribution in [3.63, 3.8) is 0 Å². The average Bonchev–Trinajstić information content (AvgIpc) is 2.96. The van der Waals surface area contributed by atoms with Crippen LogP contribution in [0.2, 0.25) is 0 Å². The highest BCUT2D eigenvalue weighted by Crippen LogP contribution is 2.41. The van der Waals surface area contributed by atoms with Gasteiger partial charge in [-0.1, -0.05) is 34.8 Å². The largest absolute Gasteiger partial charge is 0.462 e. The van der Waals surface area contributed by atoms with Crippen LogP contribution in [0.15, 0.2) is 0 Å². The van der Waals surface area contributed by atoms with Crippen LogP contribution in [0.25, 0.3) is 0 Å². The van der Waals surface area contributed by atoms with E-state index in [1.54, 1.807) is 6.92 Å². The number of hydrogen-bond acceptors (Lipinski definition) is 5. The number of hydrogen-bond donors (Lipinski definition) is 2. The van der Waals surface area contributed by atoms with Crippen molar-refractivity contribution in [3.05, 3.63) is 16.0 Å². The second kappa shape index (κ2) is 7.47. The number of anilines is 1. The van der Waals surface area contributed by atoms with Gasteiger partial charge in [0, 0.05) is 11.8 Å². The van der Waals surface area contributed by atoms with Crippen LogP contribution in [0.3, 0.4) is 0 Å². The quantitative estimate of drug-likeness (QED) is 0.450. The Labute approximate surface area is 153 Å². The Morgan fingerprint density at radius 3 is 2.61 bits per heavy atom. The summed E-state index contributed by atoms with van der Waals surface area (Å²) in [4.78, 5) is 24.8. The highest BCUT2D eigenvalue weighted by Gasteiger charge is 2.36. The molecule has 0 saturated heterocycles. The fraction of sp³-hybridized carbons (Fsp3) is 0.571. The minimum atomic E-state index is -1.77. The van der Waals surface area contributed by atoms with Crippen LogP contribution in [0.5, 0.6) is 0 Å². The number of aryl methyl sites for hydroxylation is 1. The number of nitrogens with one attached hydrogen (secondary N) is 2. The number of amides is 1. The number of carbonyl (C=O) groups is 2. The Balaban J connectivity index is 2.34. The van der Waals surface area contributed by atoms with Gasteiger partial charge in [0.2, 0.25) is 9.70 Å². The summed E-state index contributed by atoms with van der Waals surface area (Å²) in [5.74, 6) is -0.754. The average molecular weight is 400 g/mol.